The van der Waals surface area contributed by atoms with Gasteiger partial charge in [0, 0.05) is 25.5 Å². The van der Waals surface area contributed by atoms with E-state index in [4.69, 9.17) is 4.74 Å². The second kappa shape index (κ2) is 8.95. The maximum atomic E-state index is 14.1. The Labute approximate surface area is 162 Å². The fourth-order valence-corrected chi connectivity index (χ4v) is 3.13. The second-order valence-electron chi connectivity index (χ2n) is 6.75. The molecule has 1 saturated heterocycles. The molecule has 0 spiro atoms. The van der Waals surface area contributed by atoms with Gasteiger partial charge in [0.1, 0.15) is 0 Å². The molecule has 1 aliphatic rings. The Kier molecular flexibility index (Phi) is 6.38. The fraction of sp³-hybridized carbons (Fsp3) is 0.450. The number of hydrogen-bond acceptors (Lipinski definition) is 6. The Morgan fingerprint density at radius 1 is 1.18 bits per heavy atom. The lowest BCUT2D eigenvalue weighted by molar-refractivity contribution is 0.0599. The van der Waals surface area contributed by atoms with Gasteiger partial charge in [-0.1, -0.05) is 6.92 Å². The van der Waals surface area contributed by atoms with Crippen LogP contribution in [0.2, 0.25) is 0 Å². The number of methoxy groups -OCH3 is 1. The summed E-state index contributed by atoms with van der Waals surface area (Å²) in [7, 11) is 1.15. The van der Waals surface area contributed by atoms with Crippen LogP contribution in [0.3, 0.4) is 0 Å². The van der Waals surface area contributed by atoms with Crippen molar-refractivity contribution in [2.24, 2.45) is 5.92 Å². The lowest BCUT2D eigenvalue weighted by Gasteiger charge is -2.31. The Balaban J connectivity index is 1.54. The molecule has 0 bridgehead atoms. The third kappa shape index (κ3) is 4.55. The minimum atomic E-state index is -0.915. The summed E-state index contributed by atoms with van der Waals surface area (Å²) in [6.07, 6.45) is 6.18. The number of carbonyl (C=O) groups excluding carboxylic acids is 1. The average molecular weight is 391 g/mol. The van der Waals surface area contributed by atoms with Crippen LogP contribution < -0.4 is 9.64 Å². The number of esters is 1. The molecule has 0 unspecified atom stereocenters. The number of anilines is 1. The summed E-state index contributed by atoms with van der Waals surface area (Å²) in [4.78, 5) is 22.3. The maximum absolute atomic E-state index is 14.1. The van der Waals surface area contributed by atoms with Gasteiger partial charge in [0.2, 0.25) is 5.95 Å². The van der Waals surface area contributed by atoms with E-state index in [0.717, 1.165) is 57.2 Å². The topological polar surface area (TPSA) is 64.6 Å². The molecule has 0 N–H and O–H groups in total. The minimum Gasteiger partial charge on any atom is -0.487 e. The molecule has 2 aromatic rings. The summed E-state index contributed by atoms with van der Waals surface area (Å²) in [5.74, 6) is -2.22. The van der Waals surface area contributed by atoms with E-state index in [2.05, 4.69) is 26.5 Å². The number of carbonyl (C=O) groups is 1. The molecule has 1 aromatic carbocycles. The molecule has 1 aromatic heterocycles. The molecule has 8 heteroatoms. The highest BCUT2D eigenvalue weighted by Gasteiger charge is 2.23. The van der Waals surface area contributed by atoms with Crippen LogP contribution in [0, 0.1) is 17.6 Å². The Bertz CT molecular complexity index is 799. The first kappa shape index (κ1) is 20.0. The van der Waals surface area contributed by atoms with Crippen LogP contribution >= 0.6 is 0 Å². The van der Waals surface area contributed by atoms with Crippen molar-refractivity contribution in [1.29, 1.82) is 0 Å². The predicted octanol–water partition coefficient (Wildman–Crippen LogP) is 3.40. The molecule has 1 aliphatic heterocycles. The van der Waals surface area contributed by atoms with Gasteiger partial charge in [-0.2, -0.15) is 0 Å². The summed E-state index contributed by atoms with van der Waals surface area (Å²) in [5.41, 5.74) is 0.904. The van der Waals surface area contributed by atoms with Crippen LogP contribution in [0.25, 0.3) is 0 Å². The van der Waals surface area contributed by atoms with E-state index in [1.54, 1.807) is 0 Å². The third-order valence-electron chi connectivity index (χ3n) is 4.88. The summed E-state index contributed by atoms with van der Waals surface area (Å²) in [6.45, 7) is 3.77. The van der Waals surface area contributed by atoms with E-state index < -0.39 is 23.4 Å². The lowest BCUT2D eigenvalue weighted by atomic mass is 9.98. The quantitative estimate of drug-likeness (QED) is 0.704. The standard InChI is InChI=1S/C20H23F2N3O3/c1-3-13-10-23-20(24-11-13)25-6-4-14(5-7-25)12-28-18-16(21)8-15(9-17(18)22)19(26)27-2/h8-11,14H,3-7,12H2,1-2H3. The van der Waals surface area contributed by atoms with Gasteiger partial charge in [-0.3, -0.25) is 0 Å². The highest BCUT2D eigenvalue weighted by atomic mass is 19.1. The van der Waals surface area contributed by atoms with Crippen molar-refractivity contribution in [2.45, 2.75) is 26.2 Å². The van der Waals surface area contributed by atoms with E-state index in [9.17, 15) is 13.6 Å². The molecular formula is C20H23F2N3O3. The van der Waals surface area contributed by atoms with Crippen molar-refractivity contribution in [3.8, 4) is 5.75 Å². The van der Waals surface area contributed by atoms with Crippen LogP contribution in [-0.2, 0) is 11.2 Å². The Hall–Kier alpha value is -2.77. The molecule has 2 heterocycles. The normalized spacial score (nSPS) is 14.8. The lowest BCUT2D eigenvalue weighted by Crippen LogP contribution is -2.36. The second-order valence-corrected chi connectivity index (χ2v) is 6.75. The number of nitrogens with zero attached hydrogens (tertiary/aromatic N) is 3. The smallest absolute Gasteiger partial charge is 0.338 e. The van der Waals surface area contributed by atoms with Gasteiger partial charge in [-0.05, 0) is 42.9 Å². The minimum absolute atomic E-state index is 0.172. The van der Waals surface area contributed by atoms with Gasteiger partial charge in [0.15, 0.2) is 17.4 Å². The van der Waals surface area contributed by atoms with E-state index in [1.165, 1.54) is 0 Å². The number of rotatable bonds is 6. The summed E-state index contributed by atoms with van der Waals surface area (Å²) in [5, 5.41) is 0. The summed E-state index contributed by atoms with van der Waals surface area (Å²) < 4.78 is 38.1. The molecule has 6 nitrogen and oxygen atoms in total. The van der Waals surface area contributed by atoms with Crippen molar-refractivity contribution in [2.75, 3.05) is 31.7 Å². The van der Waals surface area contributed by atoms with Gasteiger partial charge in [-0.25, -0.2) is 23.5 Å². The van der Waals surface area contributed by atoms with Gasteiger partial charge in [-0.15, -0.1) is 0 Å². The predicted molar refractivity (Wildman–Crippen MR) is 99.5 cm³/mol. The third-order valence-corrected chi connectivity index (χ3v) is 4.88. The van der Waals surface area contributed by atoms with Crippen LogP contribution in [-0.4, -0.2) is 42.7 Å². The number of piperidine rings is 1. The SMILES string of the molecule is CCc1cnc(N2CCC(COc3c(F)cc(C(=O)OC)cc3F)CC2)nc1. The molecule has 1 fully saturated rings. The van der Waals surface area contributed by atoms with E-state index in [1.807, 2.05) is 12.4 Å². The van der Waals surface area contributed by atoms with E-state index >= 15 is 0 Å². The molecule has 0 amide bonds. The van der Waals surface area contributed by atoms with Crippen molar-refractivity contribution >= 4 is 11.9 Å². The largest absolute Gasteiger partial charge is 0.487 e. The van der Waals surface area contributed by atoms with Crippen molar-refractivity contribution in [3.63, 3.8) is 0 Å². The summed E-state index contributed by atoms with van der Waals surface area (Å²) >= 11 is 0. The first-order chi connectivity index (χ1) is 13.5. The van der Waals surface area contributed by atoms with Gasteiger partial charge in [0.25, 0.3) is 0 Å². The maximum Gasteiger partial charge on any atom is 0.338 e. The van der Waals surface area contributed by atoms with Crippen LogP contribution in [0.5, 0.6) is 5.75 Å². The number of halogens is 2. The van der Waals surface area contributed by atoms with Gasteiger partial charge >= 0.3 is 5.97 Å². The summed E-state index contributed by atoms with van der Waals surface area (Å²) in [6, 6.07) is 1.84. The average Bonchev–Trinajstić information content (AvgIpc) is 2.73. The first-order valence-corrected chi connectivity index (χ1v) is 9.27. The highest BCUT2D eigenvalue weighted by Crippen LogP contribution is 2.26. The molecule has 28 heavy (non-hydrogen) atoms. The molecule has 150 valence electrons. The van der Waals surface area contributed by atoms with Crippen LogP contribution in [0.1, 0.15) is 35.7 Å². The number of benzene rings is 1. The van der Waals surface area contributed by atoms with Crippen molar-refractivity contribution in [3.05, 3.63) is 47.3 Å². The number of aryl methyl sites for hydroxylation is 1. The molecule has 0 saturated carbocycles. The molecule has 3 rings (SSSR count). The molecule has 0 atom stereocenters. The Morgan fingerprint density at radius 3 is 2.32 bits per heavy atom. The molecule has 0 radical (unpaired) electrons. The fourth-order valence-electron chi connectivity index (χ4n) is 3.13. The highest BCUT2D eigenvalue weighted by molar-refractivity contribution is 5.89. The van der Waals surface area contributed by atoms with Crippen molar-refractivity contribution in [1.82, 2.24) is 9.97 Å². The monoisotopic (exact) mass is 391 g/mol. The van der Waals surface area contributed by atoms with E-state index in [-0.39, 0.29) is 18.1 Å². The zero-order chi connectivity index (χ0) is 20.1. The Morgan fingerprint density at radius 2 is 1.79 bits per heavy atom. The van der Waals surface area contributed by atoms with Gasteiger partial charge < -0.3 is 14.4 Å². The van der Waals surface area contributed by atoms with E-state index in [0.29, 0.717) is 5.95 Å². The zero-order valence-corrected chi connectivity index (χ0v) is 16.0. The van der Waals surface area contributed by atoms with Crippen LogP contribution in [0.4, 0.5) is 14.7 Å². The first-order valence-electron chi connectivity index (χ1n) is 9.27. The van der Waals surface area contributed by atoms with Crippen LogP contribution in [0.15, 0.2) is 24.5 Å². The number of hydrogen-bond donors (Lipinski definition) is 0. The molecular weight excluding hydrogens is 368 g/mol. The molecule has 0 aliphatic carbocycles. The van der Waals surface area contributed by atoms with Gasteiger partial charge in [0.05, 0.1) is 19.3 Å². The number of ether oxygens (including phenoxy) is 2. The van der Waals surface area contributed by atoms with Crippen molar-refractivity contribution < 1.29 is 23.0 Å². The number of aromatic nitrogens is 2. The zero-order valence-electron chi connectivity index (χ0n) is 16.0.